The molecule has 0 aromatic carbocycles. The molecule has 2 N–H and O–H groups in total. The fourth-order valence-electron chi connectivity index (χ4n) is 1.86. The lowest BCUT2D eigenvalue weighted by Crippen LogP contribution is -2.21. The molecular weight excluding hydrogens is 180 g/mol. The minimum Gasteiger partial charge on any atom is -0.492 e. The van der Waals surface area contributed by atoms with Crippen LogP contribution in [0.1, 0.15) is 38.2 Å². The van der Waals surface area contributed by atoms with Crippen molar-refractivity contribution in [3.05, 3.63) is 11.5 Å². The predicted octanol–water partition coefficient (Wildman–Crippen LogP) is 1.70. The SMILES string of the molecule is CCc1[nH]c(C2(C)CCCO2)nc1O. The summed E-state index contributed by atoms with van der Waals surface area (Å²) >= 11 is 0. The van der Waals surface area contributed by atoms with E-state index in [1.807, 2.05) is 13.8 Å². The van der Waals surface area contributed by atoms with Crippen LogP contribution in [0.15, 0.2) is 0 Å². The van der Waals surface area contributed by atoms with Crippen LogP contribution in [0.4, 0.5) is 0 Å². The molecule has 2 heterocycles. The van der Waals surface area contributed by atoms with E-state index >= 15 is 0 Å². The van der Waals surface area contributed by atoms with E-state index in [2.05, 4.69) is 9.97 Å². The Bertz CT molecular complexity index is 327. The molecule has 1 atom stereocenters. The van der Waals surface area contributed by atoms with E-state index in [1.54, 1.807) is 0 Å². The number of hydrogen-bond acceptors (Lipinski definition) is 3. The Kier molecular flexibility index (Phi) is 2.23. The molecule has 0 aliphatic carbocycles. The molecule has 4 nitrogen and oxygen atoms in total. The van der Waals surface area contributed by atoms with E-state index in [-0.39, 0.29) is 11.5 Å². The van der Waals surface area contributed by atoms with Gasteiger partial charge in [-0.3, -0.25) is 0 Å². The number of rotatable bonds is 2. The number of aryl methyl sites for hydroxylation is 1. The lowest BCUT2D eigenvalue weighted by molar-refractivity contribution is 0.00975. The molecule has 0 saturated carbocycles. The number of aromatic nitrogens is 2. The first kappa shape index (κ1) is 9.52. The van der Waals surface area contributed by atoms with Gasteiger partial charge in [0, 0.05) is 6.61 Å². The summed E-state index contributed by atoms with van der Waals surface area (Å²) in [5.41, 5.74) is 0.460. The molecule has 1 saturated heterocycles. The van der Waals surface area contributed by atoms with Gasteiger partial charge in [-0.05, 0) is 26.2 Å². The third-order valence-corrected chi connectivity index (χ3v) is 2.83. The number of aromatic amines is 1. The van der Waals surface area contributed by atoms with Crippen molar-refractivity contribution in [2.24, 2.45) is 0 Å². The maximum atomic E-state index is 9.51. The van der Waals surface area contributed by atoms with E-state index in [9.17, 15) is 5.11 Å². The molecule has 14 heavy (non-hydrogen) atoms. The number of hydrogen-bond donors (Lipinski definition) is 2. The molecular formula is C10H16N2O2. The van der Waals surface area contributed by atoms with Crippen LogP contribution in [0, 0.1) is 0 Å². The van der Waals surface area contributed by atoms with Crippen molar-refractivity contribution in [1.29, 1.82) is 0 Å². The first-order chi connectivity index (χ1) is 6.65. The highest BCUT2D eigenvalue weighted by molar-refractivity contribution is 5.22. The summed E-state index contributed by atoms with van der Waals surface area (Å²) in [7, 11) is 0. The first-order valence-corrected chi connectivity index (χ1v) is 5.08. The van der Waals surface area contributed by atoms with Crippen LogP contribution in [0.3, 0.4) is 0 Å². The molecule has 1 aliphatic heterocycles. The van der Waals surface area contributed by atoms with Crippen molar-refractivity contribution in [1.82, 2.24) is 9.97 Å². The van der Waals surface area contributed by atoms with Gasteiger partial charge in [0.25, 0.3) is 0 Å². The highest BCUT2D eigenvalue weighted by Crippen LogP contribution is 2.35. The standard InChI is InChI=1S/C10H16N2O2/c1-3-7-8(13)12-9(11-7)10(2)5-4-6-14-10/h13H,3-6H2,1-2H3,(H,11,12). The molecule has 0 bridgehead atoms. The maximum Gasteiger partial charge on any atom is 0.232 e. The normalized spacial score (nSPS) is 27.0. The van der Waals surface area contributed by atoms with Gasteiger partial charge >= 0.3 is 0 Å². The van der Waals surface area contributed by atoms with Gasteiger partial charge in [-0.25, -0.2) is 0 Å². The average molecular weight is 196 g/mol. The topological polar surface area (TPSA) is 58.1 Å². The second-order valence-electron chi connectivity index (χ2n) is 3.92. The smallest absolute Gasteiger partial charge is 0.232 e. The second-order valence-corrected chi connectivity index (χ2v) is 3.92. The fraction of sp³-hybridized carbons (Fsp3) is 0.700. The molecule has 1 aromatic rings. The maximum absolute atomic E-state index is 9.51. The van der Waals surface area contributed by atoms with Crippen LogP contribution >= 0.6 is 0 Å². The summed E-state index contributed by atoms with van der Waals surface area (Å²) in [6, 6.07) is 0. The van der Waals surface area contributed by atoms with Crippen LogP contribution in [-0.4, -0.2) is 21.7 Å². The minimum atomic E-state index is -0.328. The summed E-state index contributed by atoms with van der Waals surface area (Å²) in [6.07, 6.45) is 2.78. The molecule has 0 spiro atoms. The van der Waals surface area contributed by atoms with Crippen molar-refractivity contribution in [3.8, 4) is 5.88 Å². The molecule has 2 rings (SSSR count). The van der Waals surface area contributed by atoms with Crippen LogP contribution in [-0.2, 0) is 16.8 Å². The highest BCUT2D eigenvalue weighted by atomic mass is 16.5. The number of imidazole rings is 1. The van der Waals surface area contributed by atoms with Crippen molar-refractivity contribution >= 4 is 0 Å². The van der Waals surface area contributed by atoms with Crippen molar-refractivity contribution in [2.45, 2.75) is 38.7 Å². The van der Waals surface area contributed by atoms with Gasteiger partial charge in [-0.2, -0.15) is 4.98 Å². The van der Waals surface area contributed by atoms with Crippen LogP contribution in [0.25, 0.3) is 0 Å². The zero-order chi connectivity index (χ0) is 10.2. The van der Waals surface area contributed by atoms with E-state index in [1.165, 1.54) is 0 Å². The average Bonchev–Trinajstić information content (AvgIpc) is 2.73. The van der Waals surface area contributed by atoms with E-state index in [0.29, 0.717) is 0 Å². The number of nitrogens with zero attached hydrogens (tertiary/aromatic N) is 1. The van der Waals surface area contributed by atoms with E-state index in [4.69, 9.17) is 4.74 Å². The number of H-pyrrole nitrogens is 1. The summed E-state index contributed by atoms with van der Waals surface area (Å²) in [5, 5.41) is 9.51. The summed E-state index contributed by atoms with van der Waals surface area (Å²) in [6.45, 7) is 4.77. The van der Waals surface area contributed by atoms with Crippen LogP contribution < -0.4 is 0 Å². The van der Waals surface area contributed by atoms with Gasteiger partial charge in [0.05, 0.1) is 5.69 Å². The molecule has 1 aliphatic rings. The quantitative estimate of drug-likeness (QED) is 0.757. The van der Waals surface area contributed by atoms with Gasteiger partial charge < -0.3 is 14.8 Å². The largest absolute Gasteiger partial charge is 0.492 e. The second kappa shape index (κ2) is 3.28. The predicted molar refractivity (Wildman–Crippen MR) is 52.2 cm³/mol. The zero-order valence-corrected chi connectivity index (χ0v) is 8.63. The van der Waals surface area contributed by atoms with Crippen molar-refractivity contribution in [2.75, 3.05) is 6.61 Å². The molecule has 0 radical (unpaired) electrons. The van der Waals surface area contributed by atoms with Crippen molar-refractivity contribution in [3.63, 3.8) is 0 Å². The lowest BCUT2D eigenvalue weighted by Gasteiger charge is -2.19. The number of ether oxygens (including phenoxy) is 1. The van der Waals surface area contributed by atoms with Gasteiger partial charge in [0.1, 0.15) is 11.4 Å². The van der Waals surface area contributed by atoms with Gasteiger partial charge in [0.2, 0.25) is 5.88 Å². The Morgan fingerprint density at radius 2 is 2.43 bits per heavy atom. The van der Waals surface area contributed by atoms with E-state index < -0.39 is 0 Å². The lowest BCUT2D eigenvalue weighted by atomic mass is 10.0. The zero-order valence-electron chi connectivity index (χ0n) is 8.63. The molecule has 78 valence electrons. The highest BCUT2D eigenvalue weighted by Gasteiger charge is 2.35. The Balaban J connectivity index is 2.31. The number of aromatic hydroxyl groups is 1. The number of nitrogens with one attached hydrogen (secondary N) is 1. The molecule has 1 aromatic heterocycles. The van der Waals surface area contributed by atoms with Crippen molar-refractivity contribution < 1.29 is 9.84 Å². The summed E-state index contributed by atoms with van der Waals surface area (Å²) < 4.78 is 5.63. The first-order valence-electron chi connectivity index (χ1n) is 5.08. The van der Waals surface area contributed by atoms with Gasteiger partial charge in [0.15, 0.2) is 0 Å². The molecule has 4 heteroatoms. The molecule has 0 amide bonds. The van der Waals surface area contributed by atoms with Gasteiger partial charge in [-0.15, -0.1) is 0 Å². The third-order valence-electron chi connectivity index (χ3n) is 2.83. The minimum absolute atomic E-state index is 0.110. The third kappa shape index (κ3) is 1.39. The van der Waals surface area contributed by atoms with Crippen LogP contribution in [0.2, 0.25) is 0 Å². The Morgan fingerprint density at radius 1 is 1.64 bits per heavy atom. The molecule has 1 unspecified atom stereocenters. The van der Waals surface area contributed by atoms with E-state index in [0.717, 1.165) is 37.4 Å². The van der Waals surface area contributed by atoms with Gasteiger partial charge in [-0.1, -0.05) is 6.92 Å². The Hall–Kier alpha value is -1.03. The molecule has 1 fully saturated rings. The monoisotopic (exact) mass is 196 g/mol. The fourth-order valence-corrected chi connectivity index (χ4v) is 1.86. The summed E-state index contributed by atoms with van der Waals surface area (Å²) in [5.74, 6) is 0.864. The Labute approximate surface area is 83.3 Å². The van der Waals surface area contributed by atoms with Crippen LogP contribution in [0.5, 0.6) is 5.88 Å². The Morgan fingerprint density at radius 3 is 2.93 bits per heavy atom. The summed E-state index contributed by atoms with van der Waals surface area (Å²) in [4.78, 5) is 7.24.